The normalized spacial score (nSPS) is 14.2. The standard InChI is InChI=1S/C5H10N3O4PS/c9-4(1-13(10,11)12)2-14-5-6-3-7-8-5/h3-4,9H,1-2H2,(H,6,7,8)(H2,10,11,12). The Bertz CT molecular complexity index is 313. The van der Waals surface area contributed by atoms with Crippen LogP contribution in [0.3, 0.4) is 0 Å². The van der Waals surface area contributed by atoms with Crippen LogP contribution in [0.15, 0.2) is 11.5 Å². The highest BCUT2D eigenvalue weighted by atomic mass is 32.2. The lowest BCUT2D eigenvalue weighted by molar-refractivity contribution is 0.212. The lowest BCUT2D eigenvalue weighted by atomic mass is 10.5. The minimum atomic E-state index is -4.14. The van der Waals surface area contributed by atoms with E-state index in [9.17, 15) is 9.67 Å². The molecule has 0 spiro atoms. The van der Waals surface area contributed by atoms with Gasteiger partial charge in [0, 0.05) is 5.75 Å². The van der Waals surface area contributed by atoms with Gasteiger partial charge in [0.2, 0.25) is 0 Å². The first-order valence-corrected chi connectivity index (χ1v) is 6.46. The third-order valence-electron chi connectivity index (χ3n) is 1.25. The highest BCUT2D eigenvalue weighted by Gasteiger charge is 2.19. The van der Waals surface area contributed by atoms with E-state index in [1.165, 1.54) is 6.33 Å². The van der Waals surface area contributed by atoms with Crippen molar-refractivity contribution in [2.75, 3.05) is 11.9 Å². The number of hydrogen-bond donors (Lipinski definition) is 4. The van der Waals surface area contributed by atoms with Gasteiger partial charge in [-0.05, 0) is 0 Å². The molecule has 7 nitrogen and oxygen atoms in total. The average Bonchev–Trinajstić information content (AvgIpc) is 2.49. The second kappa shape index (κ2) is 4.90. The first-order chi connectivity index (χ1) is 6.47. The summed E-state index contributed by atoms with van der Waals surface area (Å²) in [5, 5.41) is 15.9. The predicted octanol–water partition coefficient (Wildman–Crippen LogP) is -0.565. The maximum Gasteiger partial charge on any atom is 0.328 e. The number of nitrogens with one attached hydrogen (secondary N) is 1. The Balaban J connectivity index is 2.28. The van der Waals surface area contributed by atoms with Crippen molar-refractivity contribution in [3.8, 4) is 0 Å². The van der Waals surface area contributed by atoms with Gasteiger partial charge in [0.1, 0.15) is 6.33 Å². The van der Waals surface area contributed by atoms with Crippen molar-refractivity contribution >= 4 is 19.4 Å². The van der Waals surface area contributed by atoms with Crippen LogP contribution in [-0.4, -0.2) is 48.1 Å². The van der Waals surface area contributed by atoms with Gasteiger partial charge in [0.25, 0.3) is 0 Å². The number of nitrogens with zero attached hydrogens (tertiary/aromatic N) is 2. The van der Waals surface area contributed by atoms with Crippen LogP contribution in [0.1, 0.15) is 0 Å². The first kappa shape index (κ1) is 11.7. The molecule has 1 heterocycles. The van der Waals surface area contributed by atoms with Crippen LogP contribution in [0.5, 0.6) is 0 Å². The van der Waals surface area contributed by atoms with Crippen molar-refractivity contribution in [2.24, 2.45) is 0 Å². The molecule has 1 rings (SSSR count). The molecule has 0 radical (unpaired) electrons. The van der Waals surface area contributed by atoms with Crippen molar-refractivity contribution in [1.29, 1.82) is 0 Å². The summed E-state index contributed by atoms with van der Waals surface area (Å²) in [4.78, 5) is 20.9. The SMILES string of the molecule is O=P(O)(O)CC(O)CSc1ncn[nH]1. The molecule has 14 heavy (non-hydrogen) atoms. The maximum atomic E-state index is 10.5. The van der Waals surface area contributed by atoms with E-state index < -0.39 is 19.9 Å². The molecule has 4 N–H and O–H groups in total. The second-order valence-corrected chi connectivity index (χ2v) is 5.31. The topological polar surface area (TPSA) is 119 Å². The number of aliphatic hydroxyl groups is 1. The summed E-state index contributed by atoms with van der Waals surface area (Å²) in [6.07, 6.45) is -0.266. The highest BCUT2D eigenvalue weighted by Crippen LogP contribution is 2.35. The van der Waals surface area contributed by atoms with Crippen LogP contribution >= 0.6 is 19.4 Å². The zero-order valence-electron chi connectivity index (χ0n) is 7.07. The van der Waals surface area contributed by atoms with E-state index in [2.05, 4.69) is 15.2 Å². The van der Waals surface area contributed by atoms with Gasteiger partial charge < -0.3 is 14.9 Å². The maximum absolute atomic E-state index is 10.5. The third-order valence-corrected chi connectivity index (χ3v) is 3.17. The Labute approximate surface area is 84.1 Å². The molecule has 0 aliphatic rings. The Hall–Kier alpha value is -0.400. The fraction of sp³-hybridized carbons (Fsp3) is 0.600. The van der Waals surface area contributed by atoms with Gasteiger partial charge in [-0.25, -0.2) is 4.98 Å². The van der Waals surface area contributed by atoms with Crippen LogP contribution < -0.4 is 0 Å². The molecular formula is C5H10N3O4PS. The summed E-state index contributed by atoms with van der Waals surface area (Å²) in [7, 11) is -4.14. The number of aromatic nitrogens is 3. The van der Waals surface area contributed by atoms with E-state index in [1.807, 2.05) is 0 Å². The molecule has 9 heteroatoms. The minimum absolute atomic E-state index is 0.167. The lowest BCUT2D eigenvalue weighted by Crippen LogP contribution is -2.15. The molecule has 0 aliphatic carbocycles. The van der Waals surface area contributed by atoms with E-state index in [-0.39, 0.29) is 5.75 Å². The van der Waals surface area contributed by atoms with Gasteiger partial charge >= 0.3 is 7.60 Å². The second-order valence-electron chi connectivity index (χ2n) is 2.60. The molecule has 0 saturated heterocycles. The van der Waals surface area contributed by atoms with Gasteiger partial charge in [0.15, 0.2) is 5.16 Å². The Morgan fingerprint density at radius 3 is 2.86 bits per heavy atom. The van der Waals surface area contributed by atoms with Gasteiger partial charge in [-0.2, -0.15) is 5.10 Å². The Morgan fingerprint density at radius 2 is 2.36 bits per heavy atom. The van der Waals surface area contributed by atoms with E-state index in [4.69, 9.17) is 9.79 Å². The van der Waals surface area contributed by atoms with Crippen molar-refractivity contribution in [2.45, 2.75) is 11.3 Å². The molecule has 0 aliphatic heterocycles. The third kappa shape index (κ3) is 4.73. The van der Waals surface area contributed by atoms with E-state index in [0.717, 1.165) is 11.8 Å². The van der Waals surface area contributed by atoms with Crippen LogP contribution in [0.4, 0.5) is 0 Å². The van der Waals surface area contributed by atoms with E-state index >= 15 is 0 Å². The summed E-state index contributed by atoms with van der Waals surface area (Å²) < 4.78 is 10.5. The van der Waals surface area contributed by atoms with Crippen molar-refractivity contribution in [3.05, 3.63) is 6.33 Å². The largest absolute Gasteiger partial charge is 0.392 e. The molecule has 0 bridgehead atoms. The van der Waals surface area contributed by atoms with Gasteiger partial charge in [-0.15, -0.1) is 0 Å². The number of thioether (sulfide) groups is 1. The molecule has 80 valence electrons. The first-order valence-electron chi connectivity index (χ1n) is 3.68. The number of aromatic amines is 1. The molecule has 1 aromatic heterocycles. The summed E-state index contributed by atoms with van der Waals surface area (Å²) in [5.74, 6) is 0.167. The number of hydrogen-bond acceptors (Lipinski definition) is 5. The zero-order valence-corrected chi connectivity index (χ0v) is 8.78. The molecule has 1 aromatic rings. The smallest absolute Gasteiger partial charge is 0.328 e. The Morgan fingerprint density at radius 1 is 1.64 bits per heavy atom. The molecular weight excluding hydrogens is 229 g/mol. The predicted molar refractivity (Wildman–Crippen MR) is 50.0 cm³/mol. The average molecular weight is 239 g/mol. The quantitative estimate of drug-likeness (QED) is 0.401. The van der Waals surface area contributed by atoms with Crippen LogP contribution in [0, 0.1) is 0 Å². The van der Waals surface area contributed by atoms with Crippen molar-refractivity contribution < 1.29 is 19.5 Å². The monoisotopic (exact) mass is 239 g/mol. The summed E-state index contributed by atoms with van der Waals surface area (Å²) in [5.41, 5.74) is 0. The summed E-state index contributed by atoms with van der Waals surface area (Å²) in [6.45, 7) is 0. The Kier molecular flexibility index (Phi) is 4.09. The van der Waals surface area contributed by atoms with Gasteiger partial charge in [-0.3, -0.25) is 9.66 Å². The van der Waals surface area contributed by atoms with Gasteiger partial charge in [0.05, 0.1) is 12.3 Å². The highest BCUT2D eigenvalue weighted by molar-refractivity contribution is 7.99. The van der Waals surface area contributed by atoms with Gasteiger partial charge in [-0.1, -0.05) is 11.8 Å². The summed E-state index contributed by atoms with van der Waals surface area (Å²) in [6, 6.07) is 0. The molecule has 0 amide bonds. The minimum Gasteiger partial charge on any atom is -0.392 e. The van der Waals surface area contributed by atoms with Crippen LogP contribution in [0.25, 0.3) is 0 Å². The molecule has 1 unspecified atom stereocenters. The molecule has 1 atom stereocenters. The van der Waals surface area contributed by atoms with E-state index in [0.29, 0.717) is 5.16 Å². The lowest BCUT2D eigenvalue weighted by Gasteiger charge is -2.09. The van der Waals surface area contributed by atoms with Crippen molar-refractivity contribution in [3.63, 3.8) is 0 Å². The number of H-pyrrole nitrogens is 1. The van der Waals surface area contributed by atoms with Crippen LogP contribution in [-0.2, 0) is 4.57 Å². The fourth-order valence-electron chi connectivity index (χ4n) is 0.766. The van der Waals surface area contributed by atoms with Crippen LogP contribution in [0.2, 0.25) is 0 Å². The fourth-order valence-corrected chi connectivity index (χ4v) is 2.33. The molecule has 0 aromatic carbocycles. The number of aliphatic hydroxyl groups excluding tert-OH is 1. The molecule has 0 fully saturated rings. The summed E-state index contributed by atoms with van der Waals surface area (Å²) >= 11 is 1.15. The molecule has 0 saturated carbocycles. The van der Waals surface area contributed by atoms with Crippen molar-refractivity contribution in [1.82, 2.24) is 15.2 Å². The zero-order chi connectivity index (χ0) is 10.6. The number of rotatable bonds is 5. The van der Waals surface area contributed by atoms with E-state index in [1.54, 1.807) is 0 Å².